The Bertz CT molecular complexity index is 1410. The molecule has 4 rings (SSSR count). The highest BCUT2D eigenvalue weighted by Gasteiger charge is 2.22. The number of hydrogen-bond donors (Lipinski definition) is 3. The molecule has 11 heteroatoms. The highest BCUT2D eigenvalue weighted by atomic mass is 32.2. The van der Waals surface area contributed by atoms with Gasteiger partial charge >= 0.3 is 5.97 Å². The Morgan fingerprint density at radius 1 is 1.17 bits per heavy atom. The van der Waals surface area contributed by atoms with Gasteiger partial charge in [0.15, 0.2) is 0 Å². The van der Waals surface area contributed by atoms with Crippen molar-refractivity contribution in [3.05, 3.63) is 58.0 Å². The Labute approximate surface area is 209 Å². The van der Waals surface area contributed by atoms with Gasteiger partial charge in [-0.15, -0.1) is 0 Å². The van der Waals surface area contributed by atoms with E-state index in [0.29, 0.717) is 17.8 Å². The molecule has 2 aromatic heterocycles. The van der Waals surface area contributed by atoms with E-state index in [4.69, 9.17) is 0 Å². The molecule has 36 heavy (non-hydrogen) atoms. The van der Waals surface area contributed by atoms with E-state index in [1.54, 1.807) is 13.8 Å². The molecule has 0 aliphatic heterocycles. The molecule has 0 amide bonds. The van der Waals surface area contributed by atoms with Crippen molar-refractivity contribution in [1.29, 1.82) is 0 Å². The quantitative estimate of drug-likeness (QED) is 0.394. The number of benzene rings is 1. The van der Waals surface area contributed by atoms with E-state index in [1.165, 1.54) is 12.4 Å². The van der Waals surface area contributed by atoms with Gasteiger partial charge < -0.3 is 15.0 Å². The minimum Gasteiger partial charge on any atom is -0.477 e. The van der Waals surface area contributed by atoms with E-state index in [0.717, 1.165) is 37.7 Å². The number of carboxylic acids is 1. The fraction of sp³-hybridized carbons (Fsp3) is 0.440. The summed E-state index contributed by atoms with van der Waals surface area (Å²) < 4.78 is 28.5. The van der Waals surface area contributed by atoms with Gasteiger partial charge in [0.2, 0.25) is 21.4 Å². The number of nitrogens with zero attached hydrogens (tertiary/aromatic N) is 3. The molecule has 1 aliphatic rings. The summed E-state index contributed by atoms with van der Waals surface area (Å²) in [6, 6.07) is 7.23. The van der Waals surface area contributed by atoms with Crippen LogP contribution >= 0.6 is 0 Å². The van der Waals surface area contributed by atoms with Crippen LogP contribution in [0.2, 0.25) is 0 Å². The number of aromatic carboxylic acids is 1. The molecule has 0 saturated heterocycles. The van der Waals surface area contributed by atoms with Crippen molar-refractivity contribution < 1.29 is 18.3 Å². The van der Waals surface area contributed by atoms with E-state index >= 15 is 0 Å². The number of pyridine rings is 1. The molecule has 0 atom stereocenters. The molecule has 2 heterocycles. The molecule has 0 spiro atoms. The molecule has 0 radical (unpaired) electrons. The van der Waals surface area contributed by atoms with Crippen molar-refractivity contribution in [3.8, 4) is 0 Å². The van der Waals surface area contributed by atoms with Gasteiger partial charge in [-0.25, -0.2) is 22.9 Å². The van der Waals surface area contributed by atoms with Crippen molar-refractivity contribution in [2.24, 2.45) is 0 Å². The van der Waals surface area contributed by atoms with Crippen molar-refractivity contribution >= 4 is 38.7 Å². The summed E-state index contributed by atoms with van der Waals surface area (Å²) in [6.07, 6.45) is 8.18. The maximum atomic E-state index is 12.8. The summed E-state index contributed by atoms with van der Waals surface area (Å²) >= 11 is 0. The maximum Gasteiger partial charge on any atom is 0.341 e. The summed E-state index contributed by atoms with van der Waals surface area (Å²) in [7, 11) is -3.33. The predicted octanol–water partition coefficient (Wildman–Crippen LogP) is 3.61. The van der Waals surface area contributed by atoms with Crippen molar-refractivity contribution in [1.82, 2.24) is 19.3 Å². The Morgan fingerprint density at radius 3 is 2.50 bits per heavy atom. The monoisotopic (exact) mass is 513 g/mol. The van der Waals surface area contributed by atoms with Crippen molar-refractivity contribution in [2.45, 2.75) is 64.5 Å². The standard InChI is InChI=1S/C25H31N5O5S/c1-16(2)29-36(34,35)13-12-17-8-10-18(11-9-17)27-25-26-14-20-22(31)21(24(32)33)15-30(23(20)28-25)19-6-4-3-5-7-19/h8-11,14-16,19,29H,3-7,12-13H2,1-2H3,(H,32,33)(H,26,27,28). The molecule has 10 nitrogen and oxygen atoms in total. The minimum atomic E-state index is -3.33. The molecule has 0 unspecified atom stereocenters. The Kier molecular flexibility index (Phi) is 7.70. The highest BCUT2D eigenvalue weighted by molar-refractivity contribution is 7.89. The largest absolute Gasteiger partial charge is 0.477 e. The number of aryl methyl sites for hydroxylation is 1. The second-order valence-corrected chi connectivity index (χ2v) is 11.3. The van der Waals surface area contributed by atoms with Gasteiger partial charge in [0.05, 0.1) is 11.1 Å². The van der Waals surface area contributed by atoms with E-state index < -0.39 is 21.4 Å². The smallest absolute Gasteiger partial charge is 0.341 e. The van der Waals surface area contributed by atoms with Gasteiger partial charge in [-0.3, -0.25) is 4.79 Å². The number of rotatable bonds is 9. The normalized spacial score (nSPS) is 14.9. The fourth-order valence-electron chi connectivity index (χ4n) is 4.54. The fourth-order valence-corrected chi connectivity index (χ4v) is 5.88. The number of fused-ring (bicyclic) bond motifs is 1. The maximum absolute atomic E-state index is 12.8. The number of carboxylic acid groups (broad SMARTS) is 1. The lowest BCUT2D eigenvalue weighted by Crippen LogP contribution is -2.32. The van der Waals surface area contributed by atoms with Crippen LogP contribution in [0.15, 0.2) is 41.5 Å². The molecular weight excluding hydrogens is 482 g/mol. The molecular formula is C25H31N5O5S. The van der Waals surface area contributed by atoms with Gasteiger partial charge in [0.1, 0.15) is 11.2 Å². The summed E-state index contributed by atoms with van der Waals surface area (Å²) in [6.45, 7) is 3.57. The Hall–Kier alpha value is -3.31. The van der Waals surface area contributed by atoms with Gasteiger partial charge in [0.25, 0.3) is 0 Å². The van der Waals surface area contributed by atoms with Crippen LogP contribution in [0, 0.1) is 0 Å². The minimum absolute atomic E-state index is 0.00275. The third-order valence-electron chi connectivity index (χ3n) is 6.25. The first kappa shape index (κ1) is 25.8. The third kappa shape index (κ3) is 6.08. The summed E-state index contributed by atoms with van der Waals surface area (Å²) in [5.74, 6) is -0.976. The Balaban J connectivity index is 1.57. The van der Waals surface area contributed by atoms with Crippen LogP contribution < -0.4 is 15.5 Å². The highest BCUT2D eigenvalue weighted by Crippen LogP contribution is 2.30. The zero-order valence-corrected chi connectivity index (χ0v) is 21.2. The van der Waals surface area contributed by atoms with Crippen LogP contribution in [0.4, 0.5) is 11.6 Å². The number of sulfonamides is 1. The molecule has 1 fully saturated rings. The molecule has 1 saturated carbocycles. The lowest BCUT2D eigenvalue weighted by molar-refractivity contribution is 0.0694. The number of anilines is 2. The summed E-state index contributed by atoms with van der Waals surface area (Å²) in [5, 5.41) is 12.8. The lowest BCUT2D eigenvalue weighted by Gasteiger charge is -2.26. The van der Waals surface area contributed by atoms with Gasteiger partial charge in [-0.05, 0) is 50.8 Å². The van der Waals surface area contributed by atoms with E-state index in [1.807, 2.05) is 28.8 Å². The Morgan fingerprint density at radius 2 is 1.86 bits per heavy atom. The third-order valence-corrected chi connectivity index (χ3v) is 7.83. The van der Waals surface area contributed by atoms with Crippen LogP contribution in [0.1, 0.15) is 67.9 Å². The predicted molar refractivity (Wildman–Crippen MR) is 138 cm³/mol. The van der Waals surface area contributed by atoms with E-state index in [-0.39, 0.29) is 34.7 Å². The molecule has 1 aliphatic carbocycles. The van der Waals surface area contributed by atoms with Crippen LogP contribution in [0.5, 0.6) is 0 Å². The first-order chi connectivity index (χ1) is 17.1. The van der Waals surface area contributed by atoms with E-state index in [2.05, 4.69) is 20.0 Å². The van der Waals surface area contributed by atoms with Crippen LogP contribution in [-0.4, -0.2) is 45.8 Å². The SMILES string of the molecule is CC(C)NS(=O)(=O)CCc1ccc(Nc2ncc3c(=O)c(C(=O)O)cn(C4CCCCC4)c3n2)cc1. The number of carbonyl (C=O) groups is 1. The molecule has 3 aromatic rings. The van der Waals surface area contributed by atoms with Crippen LogP contribution in [0.25, 0.3) is 11.0 Å². The van der Waals surface area contributed by atoms with Gasteiger partial charge in [-0.2, -0.15) is 4.98 Å². The lowest BCUT2D eigenvalue weighted by atomic mass is 9.95. The van der Waals surface area contributed by atoms with Gasteiger partial charge in [0, 0.05) is 30.2 Å². The summed E-state index contributed by atoms with van der Waals surface area (Å²) in [4.78, 5) is 33.3. The van der Waals surface area contributed by atoms with Crippen molar-refractivity contribution in [3.63, 3.8) is 0 Å². The van der Waals surface area contributed by atoms with Crippen LogP contribution in [-0.2, 0) is 16.4 Å². The first-order valence-electron chi connectivity index (χ1n) is 12.1. The second kappa shape index (κ2) is 10.8. The average Bonchev–Trinajstić information content (AvgIpc) is 2.83. The number of hydrogen-bond acceptors (Lipinski definition) is 7. The van der Waals surface area contributed by atoms with Gasteiger partial charge in [-0.1, -0.05) is 31.4 Å². The molecule has 192 valence electrons. The molecule has 0 bridgehead atoms. The number of nitrogens with one attached hydrogen (secondary N) is 2. The number of aromatic nitrogens is 3. The molecule has 1 aromatic carbocycles. The zero-order chi connectivity index (χ0) is 25.9. The average molecular weight is 514 g/mol. The summed E-state index contributed by atoms with van der Waals surface area (Å²) in [5.41, 5.74) is 1.12. The zero-order valence-electron chi connectivity index (χ0n) is 20.4. The van der Waals surface area contributed by atoms with Crippen LogP contribution in [0.3, 0.4) is 0 Å². The van der Waals surface area contributed by atoms with Crippen molar-refractivity contribution in [2.75, 3.05) is 11.1 Å². The molecule has 3 N–H and O–H groups in total. The van der Waals surface area contributed by atoms with E-state index in [9.17, 15) is 23.1 Å². The topological polar surface area (TPSA) is 143 Å². The second-order valence-electron chi connectivity index (χ2n) is 9.47. The first-order valence-corrected chi connectivity index (χ1v) is 13.8.